The van der Waals surface area contributed by atoms with Gasteiger partial charge in [-0.05, 0) is 70.6 Å². The number of esters is 1. The summed E-state index contributed by atoms with van der Waals surface area (Å²) in [5.41, 5.74) is 0. The predicted molar refractivity (Wildman–Crippen MR) is 238 cm³/mol. The highest BCUT2D eigenvalue weighted by Gasteiger charge is 2.47. The maximum Gasteiger partial charge on any atom is 0.306 e. The Morgan fingerprint density at radius 1 is 0.548 bits per heavy atom. The van der Waals surface area contributed by atoms with Crippen molar-refractivity contribution in [1.29, 1.82) is 0 Å². The van der Waals surface area contributed by atoms with Crippen molar-refractivity contribution in [2.24, 2.45) is 0 Å². The van der Waals surface area contributed by atoms with Crippen LogP contribution in [0.2, 0.25) is 0 Å². The van der Waals surface area contributed by atoms with Crippen molar-refractivity contribution < 1.29 is 69.0 Å². The Kier molecular flexibility index (Phi) is 32.0. The Hall–Kier alpha value is -2.57. The standard InChI is InChI=1S/C48H80O14/c1-3-5-7-9-11-13-15-17-19-21-23-25-27-29-31-40(50)60-37(34-57-32-30-28-26-24-22-20-18-16-14-12-10-8-6-4-2)35-58-47-46(56)44(54)42(52)39(62-47)36-59-48-45(55)43(53)41(51)38(33-49)61-48/h6,8-9,11-12,14-15,17-18,20,24,26,37-39,41-49,51-56H,3-5,7,10,13,16,19,21-23,25,27-36H2,1-2H3/b8-6-,11-9-,14-12-,17-15-,20-18-,26-24-. The van der Waals surface area contributed by atoms with E-state index in [-0.39, 0.29) is 19.6 Å². The first-order valence-electron chi connectivity index (χ1n) is 23.0. The maximum absolute atomic E-state index is 12.9. The molecule has 0 aromatic carbocycles. The second-order valence-electron chi connectivity index (χ2n) is 15.8. The lowest BCUT2D eigenvalue weighted by Crippen LogP contribution is -2.61. The monoisotopic (exact) mass is 881 g/mol. The van der Waals surface area contributed by atoms with Crippen LogP contribution < -0.4 is 0 Å². The minimum atomic E-state index is -1.72. The van der Waals surface area contributed by atoms with Crippen LogP contribution in [0.5, 0.6) is 0 Å². The van der Waals surface area contributed by atoms with Gasteiger partial charge in [-0.1, -0.05) is 119 Å². The Morgan fingerprint density at radius 2 is 1.05 bits per heavy atom. The molecule has 14 heteroatoms. The summed E-state index contributed by atoms with van der Waals surface area (Å²) >= 11 is 0. The predicted octanol–water partition coefficient (Wildman–Crippen LogP) is 5.56. The number of ether oxygens (including phenoxy) is 6. The molecule has 0 amide bonds. The van der Waals surface area contributed by atoms with Crippen LogP contribution in [0.1, 0.15) is 123 Å². The molecule has 0 radical (unpaired) electrons. The van der Waals surface area contributed by atoms with Gasteiger partial charge in [0.05, 0.1) is 26.4 Å². The van der Waals surface area contributed by atoms with Crippen molar-refractivity contribution >= 4 is 5.97 Å². The van der Waals surface area contributed by atoms with E-state index in [1.54, 1.807) is 0 Å². The van der Waals surface area contributed by atoms with E-state index in [9.17, 15) is 40.5 Å². The number of carbonyl (C=O) groups is 1. The minimum Gasteiger partial charge on any atom is -0.457 e. The van der Waals surface area contributed by atoms with Gasteiger partial charge in [0.2, 0.25) is 0 Å². The van der Waals surface area contributed by atoms with Crippen molar-refractivity contribution in [2.75, 3.05) is 33.0 Å². The number of hydrogen-bond acceptors (Lipinski definition) is 14. The van der Waals surface area contributed by atoms with Gasteiger partial charge in [0.15, 0.2) is 12.6 Å². The van der Waals surface area contributed by atoms with E-state index in [1.807, 2.05) is 0 Å². The van der Waals surface area contributed by atoms with E-state index in [2.05, 4.69) is 86.8 Å². The lowest BCUT2D eigenvalue weighted by molar-refractivity contribution is -0.332. The fraction of sp³-hybridized carbons (Fsp3) is 0.729. The maximum atomic E-state index is 12.9. The largest absolute Gasteiger partial charge is 0.457 e. The molecule has 2 aliphatic rings. The summed E-state index contributed by atoms with van der Waals surface area (Å²) in [7, 11) is 0. The normalized spacial score (nSPS) is 27.9. The second kappa shape index (κ2) is 35.7. The Balaban J connectivity index is 1.85. The molecule has 0 aliphatic carbocycles. The van der Waals surface area contributed by atoms with E-state index < -0.39 is 86.7 Å². The zero-order chi connectivity index (χ0) is 45.2. The number of unbranched alkanes of at least 4 members (excludes halogenated alkanes) is 8. The van der Waals surface area contributed by atoms with Crippen LogP contribution in [0.3, 0.4) is 0 Å². The average Bonchev–Trinajstić information content (AvgIpc) is 3.27. The molecule has 2 rings (SSSR count). The van der Waals surface area contributed by atoms with Gasteiger partial charge in [-0.3, -0.25) is 4.79 Å². The minimum absolute atomic E-state index is 0.0135. The van der Waals surface area contributed by atoms with E-state index >= 15 is 0 Å². The lowest BCUT2D eigenvalue weighted by Gasteiger charge is -2.42. The van der Waals surface area contributed by atoms with E-state index in [4.69, 9.17) is 28.4 Å². The SMILES string of the molecule is CC/C=C\C/C=C\C/C=C\C/C=C\CCCOCC(COC1OC(COC2OC(CO)C(O)C(O)C2O)C(O)C(O)C1O)OC(=O)CCCCCCC/C=C\C/C=C\CCCC. The zero-order valence-corrected chi connectivity index (χ0v) is 37.3. The fourth-order valence-electron chi connectivity index (χ4n) is 6.66. The first-order valence-corrected chi connectivity index (χ1v) is 23.0. The molecule has 2 saturated heterocycles. The van der Waals surface area contributed by atoms with Gasteiger partial charge in [0.1, 0.15) is 54.9 Å². The van der Waals surface area contributed by atoms with E-state index in [1.165, 1.54) is 12.8 Å². The van der Waals surface area contributed by atoms with Gasteiger partial charge >= 0.3 is 5.97 Å². The summed E-state index contributed by atoms with van der Waals surface area (Å²) < 4.78 is 34.0. The third kappa shape index (κ3) is 23.9. The molecule has 0 saturated carbocycles. The summed E-state index contributed by atoms with van der Waals surface area (Å²) in [6.45, 7) is 3.32. The highest BCUT2D eigenvalue weighted by Crippen LogP contribution is 2.26. The van der Waals surface area contributed by atoms with Crippen LogP contribution in [-0.2, 0) is 33.2 Å². The summed E-state index contributed by atoms with van der Waals surface area (Å²) in [5, 5.41) is 71.9. The molecular weight excluding hydrogens is 801 g/mol. The number of hydrogen-bond donors (Lipinski definition) is 7. The van der Waals surface area contributed by atoms with Gasteiger partial charge < -0.3 is 64.2 Å². The highest BCUT2D eigenvalue weighted by atomic mass is 16.7. The first-order chi connectivity index (χ1) is 30.1. The molecule has 2 heterocycles. The van der Waals surface area contributed by atoms with Crippen molar-refractivity contribution in [3.63, 3.8) is 0 Å². The number of aliphatic hydroxyl groups is 7. The quantitative estimate of drug-likeness (QED) is 0.0240. The van der Waals surface area contributed by atoms with Crippen LogP contribution in [0, 0.1) is 0 Å². The van der Waals surface area contributed by atoms with Crippen molar-refractivity contribution in [3.8, 4) is 0 Å². The van der Waals surface area contributed by atoms with Crippen LogP contribution in [-0.4, -0.2) is 142 Å². The molecule has 0 bridgehead atoms. The van der Waals surface area contributed by atoms with Crippen LogP contribution in [0.15, 0.2) is 72.9 Å². The Morgan fingerprint density at radius 3 is 1.65 bits per heavy atom. The molecule has 62 heavy (non-hydrogen) atoms. The summed E-state index contributed by atoms with van der Waals surface area (Å²) in [5.74, 6) is -0.414. The summed E-state index contributed by atoms with van der Waals surface area (Å²) in [6.07, 6.45) is 25.5. The van der Waals surface area contributed by atoms with E-state index in [0.717, 1.165) is 83.5 Å². The molecule has 2 aliphatic heterocycles. The van der Waals surface area contributed by atoms with Crippen molar-refractivity contribution in [2.45, 2.75) is 191 Å². The smallest absolute Gasteiger partial charge is 0.306 e. The third-order valence-corrected chi connectivity index (χ3v) is 10.4. The van der Waals surface area contributed by atoms with Crippen LogP contribution in [0.4, 0.5) is 0 Å². The molecule has 0 spiro atoms. The lowest BCUT2D eigenvalue weighted by atomic mass is 9.98. The Bertz CT molecular complexity index is 1300. The van der Waals surface area contributed by atoms with Gasteiger partial charge in [-0.25, -0.2) is 0 Å². The number of allylic oxidation sites excluding steroid dienone is 12. The summed E-state index contributed by atoms with van der Waals surface area (Å²) in [4.78, 5) is 12.9. The number of aliphatic hydroxyl groups excluding tert-OH is 7. The topological polar surface area (TPSA) is 214 Å². The molecule has 7 N–H and O–H groups in total. The zero-order valence-electron chi connectivity index (χ0n) is 37.3. The Labute approximate surface area is 370 Å². The van der Waals surface area contributed by atoms with Crippen molar-refractivity contribution in [3.05, 3.63) is 72.9 Å². The number of rotatable bonds is 34. The highest BCUT2D eigenvalue weighted by molar-refractivity contribution is 5.69. The van der Waals surface area contributed by atoms with Gasteiger partial charge in [-0.15, -0.1) is 0 Å². The molecule has 356 valence electrons. The molecule has 2 fully saturated rings. The van der Waals surface area contributed by atoms with E-state index in [0.29, 0.717) is 13.0 Å². The summed E-state index contributed by atoms with van der Waals surface area (Å²) in [6, 6.07) is 0. The molecule has 11 atom stereocenters. The molecule has 0 aromatic heterocycles. The number of carbonyl (C=O) groups excluding carboxylic acids is 1. The average molecular weight is 881 g/mol. The fourth-order valence-corrected chi connectivity index (χ4v) is 6.66. The van der Waals surface area contributed by atoms with Crippen LogP contribution >= 0.6 is 0 Å². The molecule has 11 unspecified atom stereocenters. The van der Waals surface area contributed by atoms with Gasteiger partial charge in [-0.2, -0.15) is 0 Å². The molecular formula is C48H80O14. The molecule has 14 nitrogen and oxygen atoms in total. The van der Waals surface area contributed by atoms with Gasteiger partial charge in [0, 0.05) is 13.0 Å². The third-order valence-electron chi connectivity index (χ3n) is 10.4. The second-order valence-corrected chi connectivity index (χ2v) is 15.8. The first kappa shape index (κ1) is 55.6. The van der Waals surface area contributed by atoms with Crippen molar-refractivity contribution in [1.82, 2.24) is 0 Å². The molecule has 0 aromatic rings. The van der Waals surface area contributed by atoms with Gasteiger partial charge in [0.25, 0.3) is 0 Å². The van der Waals surface area contributed by atoms with Crippen LogP contribution in [0.25, 0.3) is 0 Å².